The minimum atomic E-state index is -0.698. The molecule has 1 fully saturated rings. The van der Waals surface area contributed by atoms with Gasteiger partial charge in [0, 0.05) is 32.4 Å². The number of hydrogen-bond acceptors (Lipinski definition) is 4. The lowest BCUT2D eigenvalue weighted by molar-refractivity contribution is -0.122. The van der Waals surface area contributed by atoms with Crippen LogP contribution in [0, 0.1) is 0 Å². The number of urea groups is 1. The zero-order chi connectivity index (χ0) is 20.6. The zero-order valence-corrected chi connectivity index (χ0v) is 16.9. The van der Waals surface area contributed by atoms with Crippen molar-refractivity contribution >= 4 is 17.6 Å². The molecule has 4 rings (SSSR count). The van der Waals surface area contributed by atoms with Gasteiger partial charge in [0.2, 0.25) is 5.91 Å². The lowest BCUT2D eigenvalue weighted by Crippen LogP contribution is -2.44. The highest BCUT2D eigenvalue weighted by atomic mass is 16.5. The number of nitrogens with zero attached hydrogens (tertiary/aromatic N) is 2. The number of ether oxygens (including phenoxy) is 2. The van der Waals surface area contributed by atoms with Crippen LogP contribution in [-0.4, -0.2) is 51.2 Å². The predicted molar refractivity (Wildman–Crippen MR) is 110 cm³/mol. The van der Waals surface area contributed by atoms with Crippen molar-refractivity contribution in [1.82, 2.24) is 10.2 Å². The van der Waals surface area contributed by atoms with E-state index in [9.17, 15) is 9.59 Å². The molecule has 29 heavy (non-hydrogen) atoms. The highest BCUT2D eigenvalue weighted by Crippen LogP contribution is 2.47. The topological polar surface area (TPSA) is 71.1 Å². The van der Waals surface area contributed by atoms with Gasteiger partial charge in [-0.2, -0.15) is 0 Å². The average Bonchev–Trinajstić information content (AvgIpc) is 3.30. The second-order valence-electron chi connectivity index (χ2n) is 7.51. The fourth-order valence-electron chi connectivity index (χ4n) is 4.27. The summed E-state index contributed by atoms with van der Waals surface area (Å²) in [7, 11) is 5.02. The maximum absolute atomic E-state index is 13.1. The number of anilines is 1. The summed E-state index contributed by atoms with van der Waals surface area (Å²) in [5.41, 5.74) is 2.11. The van der Waals surface area contributed by atoms with E-state index in [1.54, 1.807) is 31.1 Å². The molecule has 0 aromatic heterocycles. The number of methoxy groups -OCH3 is 2. The van der Waals surface area contributed by atoms with Crippen LogP contribution in [0.15, 0.2) is 42.5 Å². The highest BCUT2D eigenvalue weighted by molar-refractivity contribution is 6.08. The molecule has 2 aliphatic rings. The van der Waals surface area contributed by atoms with Crippen LogP contribution in [0.3, 0.4) is 0 Å². The minimum absolute atomic E-state index is 0.0335. The fraction of sp³-hybridized carbons (Fsp3) is 0.364. The molecule has 7 heteroatoms. The Morgan fingerprint density at radius 3 is 2.48 bits per heavy atom. The second-order valence-corrected chi connectivity index (χ2v) is 7.51. The molecule has 1 atom stereocenters. The number of fused-ring (bicyclic) bond motifs is 2. The largest absolute Gasteiger partial charge is 0.497 e. The fourth-order valence-corrected chi connectivity index (χ4v) is 4.27. The number of nitrogens with one attached hydrogen (secondary N) is 1. The molecular formula is C22H25N3O4. The molecule has 2 aromatic rings. The Hall–Kier alpha value is -3.22. The maximum atomic E-state index is 13.1. The van der Waals surface area contributed by atoms with Crippen LogP contribution in [-0.2, 0) is 16.8 Å². The summed E-state index contributed by atoms with van der Waals surface area (Å²) in [6.07, 6.45) is 0.603. The minimum Gasteiger partial charge on any atom is -0.497 e. The quantitative estimate of drug-likeness (QED) is 0.864. The first-order chi connectivity index (χ1) is 14.0. The normalized spacial score (nSPS) is 20.2. The van der Waals surface area contributed by atoms with Crippen LogP contribution in [0.2, 0.25) is 0 Å². The van der Waals surface area contributed by atoms with Crippen molar-refractivity contribution in [3.05, 3.63) is 53.6 Å². The second kappa shape index (κ2) is 7.31. The number of amides is 3. The predicted octanol–water partition coefficient (Wildman–Crippen LogP) is 2.53. The third kappa shape index (κ3) is 3.16. The zero-order valence-electron chi connectivity index (χ0n) is 16.9. The van der Waals surface area contributed by atoms with Gasteiger partial charge in [0.1, 0.15) is 11.5 Å². The van der Waals surface area contributed by atoms with Crippen LogP contribution in [0.1, 0.15) is 17.5 Å². The number of carbonyl (C=O) groups is 2. The molecule has 2 aliphatic heterocycles. The van der Waals surface area contributed by atoms with Gasteiger partial charge >= 0.3 is 6.03 Å². The Bertz CT molecular complexity index is 944. The molecule has 2 aromatic carbocycles. The molecule has 1 N–H and O–H groups in total. The molecule has 7 nitrogen and oxygen atoms in total. The van der Waals surface area contributed by atoms with Gasteiger partial charge in [-0.1, -0.05) is 12.1 Å². The van der Waals surface area contributed by atoms with Crippen LogP contribution < -0.4 is 19.7 Å². The molecule has 2 heterocycles. The Labute approximate surface area is 170 Å². The number of benzene rings is 2. The molecule has 1 saturated heterocycles. The monoisotopic (exact) mass is 395 g/mol. The van der Waals surface area contributed by atoms with E-state index in [0.717, 1.165) is 22.6 Å². The number of carbonyl (C=O) groups excluding carboxylic acids is 2. The first-order valence-electron chi connectivity index (χ1n) is 9.61. The van der Waals surface area contributed by atoms with Crippen molar-refractivity contribution in [1.29, 1.82) is 0 Å². The van der Waals surface area contributed by atoms with E-state index in [0.29, 0.717) is 31.8 Å². The van der Waals surface area contributed by atoms with Gasteiger partial charge in [0.05, 0.1) is 19.6 Å². The molecule has 3 amide bonds. The van der Waals surface area contributed by atoms with Gasteiger partial charge in [-0.3, -0.25) is 4.79 Å². The Kier molecular flexibility index (Phi) is 4.82. The molecule has 1 spiro atoms. The van der Waals surface area contributed by atoms with Gasteiger partial charge < -0.3 is 24.6 Å². The van der Waals surface area contributed by atoms with E-state index in [-0.39, 0.29) is 11.9 Å². The summed E-state index contributed by atoms with van der Waals surface area (Å²) < 4.78 is 10.5. The van der Waals surface area contributed by atoms with Crippen molar-refractivity contribution in [2.45, 2.75) is 18.4 Å². The molecule has 0 bridgehead atoms. The summed E-state index contributed by atoms with van der Waals surface area (Å²) in [6.45, 7) is 1.32. The lowest BCUT2D eigenvalue weighted by atomic mass is 9.81. The third-order valence-electron chi connectivity index (χ3n) is 5.95. The maximum Gasteiger partial charge on any atom is 0.317 e. The molecule has 1 unspecified atom stereocenters. The van der Waals surface area contributed by atoms with Gasteiger partial charge in [-0.15, -0.1) is 0 Å². The van der Waals surface area contributed by atoms with E-state index in [2.05, 4.69) is 5.32 Å². The molecule has 0 radical (unpaired) electrons. The van der Waals surface area contributed by atoms with Crippen molar-refractivity contribution in [2.75, 3.05) is 39.3 Å². The SMILES string of the molecule is COc1ccc(CNC(=O)N2CCC3(C2)C(=O)N(C)c2ccc(OC)cc23)cc1. The van der Waals surface area contributed by atoms with Gasteiger partial charge in [-0.05, 0) is 47.9 Å². The van der Waals surface area contributed by atoms with E-state index < -0.39 is 5.41 Å². The summed E-state index contributed by atoms with van der Waals surface area (Å²) in [5, 5.41) is 2.95. The first-order valence-corrected chi connectivity index (χ1v) is 9.61. The van der Waals surface area contributed by atoms with E-state index in [1.165, 1.54) is 0 Å². The van der Waals surface area contributed by atoms with Crippen LogP contribution in [0.25, 0.3) is 0 Å². The number of hydrogen-bond donors (Lipinski definition) is 1. The standard InChI is InChI=1S/C22H25N3O4/c1-24-19-9-8-17(29-3)12-18(19)22(20(24)26)10-11-25(14-22)21(27)23-13-15-4-6-16(28-2)7-5-15/h4-9,12H,10-11,13-14H2,1-3H3,(H,23,27). The Balaban J connectivity index is 1.48. The molecule has 152 valence electrons. The molecule has 0 aliphatic carbocycles. The molecular weight excluding hydrogens is 370 g/mol. The van der Waals surface area contributed by atoms with Crippen LogP contribution in [0.5, 0.6) is 11.5 Å². The third-order valence-corrected chi connectivity index (χ3v) is 5.95. The number of likely N-dealkylation sites (N-methyl/N-ethyl adjacent to an activating group) is 1. The van der Waals surface area contributed by atoms with Crippen LogP contribution >= 0.6 is 0 Å². The summed E-state index contributed by atoms with van der Waals surface area (Å²) in [4.78, 5) is 29.3. The van der Waals surface area contributed by atoms with Crippen molar-refractivity contribution in [2.24, 2.45) is 0 Å². The summed E-state index contributed by atoms with van der Waals surface area (Å²) in [5.74, 6) is 1.53. The Morgan fingerprint density at radius 1 is 1.10 bits per heavy atom. The lowest BCUT2D eigenvalue weighted by Gasteiger charge is -2.24. The van der Waals surface area contributed by atoms with Gasteiger partial charge in [0.15, 0.2) is 0 Å². The van der Waals surface area contributed by atoms with Gasteiger partial charge in [-0.25, -0.2) is 4.79 Å². The van der Waals surface area contributed by atoms with Crippen molar-refractivity contribution in [3.63, 3.8) is 0 Å². The van der Waals surface area contributed by atoms with Gasteiger partial charge in [0.25, 0.3) is 0 Å². The average molecular weight is 395 g/mol. The summed E-state index contributed by atoms with van der Waals surface area (Å²) >= 11 is 0. The highest BCUT2D eigenvalue weighted by Gasteiger charge is 2.54. The smallest absolute Gasteiger partial charge is 0.317 e. The molecule has 0 saturated carbocycles. The van der Waals surface area contributed by atoms with E-state index in [4.69, 9.17) is 9.47 Å². The number of rotatable bonds is 4. The van der Waals surface area contributed by atoms with E-state index in [1.807, 2.05) is 42.5 Å². The van der Waals surface area contributed by atoms with Crippen molar-refractivity contribution in [3.8, 4) is 11.5 Å². The van der Waals surface area contributed by atoms with Crippen molar-refractivity contribution < 1.29 is 19.1 Å². The summed E-state index contributed by atoms with van der Waals surface area (Å²) in [6, 6.07) is 13.1. The van der Waals surface area contributed by atoms with E-state index >= 15 is 0 Å². The van der Waals surface area contributed by atoms with Crippen LogP contribution in [0.4, 0.5) is 10.5 Å². The number of likely N-dealkylation sites (tertiary alicyclic amines) is 1. The Morgan fingerprint density at radius 2 is 1.79 bits per heavy atom. The first kappa shape index (κ1) is 19.1.